The molecule has 3 aliphatic rings. The predicted octanol–water partition coefficient (Wildman–Crippen LogP) is 6.12. The zero-order valence-electron chi connectivity index (χ0n) is 16.3. The van der Waals surface area contributed by atoms with E-state index in [-0.39, 0.29) is 12.0 Å². The molecule has 0 saturated heterocycles. The van der Waals surface area contributed by atoms with Crippen molar-refractivity contribution >= 4 is 0 Å². The van der Waals surface area contributed by atoms with E-state index in [0.717, 1.165) is 12.8 Å². The number of rotatable bonds is 5. The summed E-state index contributed by atoms with van der Waals surface area (Å²) < 4.78 is 0. The molecule has 0 aliphatic heterocycles. The normalized spacial score (nSPS) is 26.8. The minimum atomic E-state index is 0.117. The van der Waals surface area contributed by atoms with Crippen LogP contribution in [-0.4, -0.2) is 6.04 Å². The quantitative estimate of drug-likeness (QED) is 0.597. The van der Waals surface area contributed by atoms with Gasteiger partial charge >= 0.3 is 0 Å². The zero-order valence-corrected chi connectivity index (χ0v) is 16.3. The van der Waals surface area contributed by atoms with Gasteiger partial charge in [0.25, 0.3) is 0 Å². The third kappa shape index (κ3) is 3.68. The second-order valence-electron chi connectivity index (χ2n) is 7.61. The fourth-order valence-electron chi connectivity index (χ4n) is 4.23. The smallest absolute Gasteiger partial charge is 0.0109 e. The first-order valence-corrected chi connectivity index (χ1v) is 9.79. The maximum Gasteiger partial charge on any atom is 0.0109 e. The van der Waals surface area contributed by atoms with Gasteiger partial charge in [-0.15, -0.1) is 6.58 Å². The van der Waals surface area contributed by atoms with Crippen LogP contribution in [0.3, 0.4) is 0 Å². The van der Waals surface area contributed by atoms with Crippen LogP contribution < -0.4 is 5.73 Å². The molecule has 0 amide bonds. The van der Waals surface area contributed by atoms with Gasteiger partial charge in [-0.2, -0.15) is 0 Å². The van der Waals surface area contributed by atoms with Crippen LogP contribution in [0.1, 0.15) is 40.0 Å². The highest BCUT2D eigenvalue weighted by Crippen LogP contribution is 2.44. The lowest BCUT2D eigenvalue weighted by molar-refractivity contribution is 0.631. The van der Waals surface area contributed by atoms with Gasteiger partial charge in [0.15, 0.2) is 0 Å². The van der Waals surface area contributed by atoms with Gasteiger partial charge in [-0.25, -0.2) is 0 Å². The molecule has 3 aliphatic carbocycles. The topological polar surface area (TPSA) is 26.0 Å². The Morgan fingerprint density at radius 2 is 2.12 bits per heavy atom. The number of hydrogen-bond donors (Lipinski definition) is 1. The molecule has 0 fully saturated rings. The molecule has 0 aromatic heterocycles. The second kappa shape index (κ2) is 8.05. The van der Waals surface area contributed by atoms with E-state index in [9.17, 15) is 0 Å². The molecule has 0 spiro atoms. The van der Waals surface area contributed by atoms with Crippen LogP contribution in [0.15, 0.2) is 94.7 Å². The first-order chi connectivity index (χ1) is 12.5. The van der Waals surface area contributed by atoms with Gasteiger partial charge in [0.05, 0.1) is 0 Å². The Labute approximate surface area is 158 Å². The molecule has 26 heavy (non-hydrogen) atoms. The molecule has 2 N–H and O–H groups in total. The van der Waals surface area contributed by atoms with E-state index in [1.807, 2.05) is 6.08 Å². The third-order valence-electron chi connectivity index (χ3n) is 5.69. The van der Waals surface area contributed by atoms with Crippen LogP contribution in [0.25, 0.3) is 0 Å². The molecule has 0 aromatic rings. The van der Waals surface area contributed by atoms with E-state index in [2.05, 4.69) is 76.0 Å². The minimum Gasteiger partial charge on any atom is -0.327 e. The zero-order chi connectivity index (χ0) is 18.7. The third-order valence-corrected chi connectivity index (χ3v) is 5.69. The molecule has 0 radical (unpaired) electrons. The fourth-order valence-corrected chi connectivity index (χ4v) is 4.23. The Hall–Kier alpha value is -2.12. The van der Waals surface area contributed by atoms with Gasteiger partial charge in [-0.05, 0) is 61.0 Å². The predicted molar refractivity (Wildman–Crippen MR) is 114 cm³/mol. The van der Waals surface area contributed by atoms with Crippen LogP contribution in [0.2, 0.25) is 0 Å². The van der Waals surface area contributed by atoms with Crippen LogP contribution >= 0.6 is 0 Å². The van der Waals surface area contributed by atoms with Crippen molar-refractivity contribution in [2.45, 2.75) is 46.1 Å². The van der Waals surface area contributed by atoms with Gasteiger partial charge in [0.2, 0.25) is 0 Å². The number of allylic oxidation sites excluding steroid dienone is 13. The second-order valence-corrected chi connectivity index (χ2v) is 7.61. The molecular weight excluding hydrogens is 314 g/mol. The van der Waals surface area contributed by atoms with E-state index in [4.69, 9.17) is 5.73 Å². The van der Waals surface area contributed by atoms with Gasteiger partial charge in [0.1, 0.15) is 0 Å². The molecule has 3 atom stereocenters. The molecule has 3 rings (SSSR count). The highest BCUT2D eigenvalue weighted by Gasteiger charge is 2.28. The SMILES string of the molecule is C=CCC1=CC(C(C)N)C=CC=C1C1=CC2=C(CCC(C=CC)=C2)C1C. The van der Waals surface area contributed by atoms with Crippen molar-refractivity contribution in [2.24, 2.45) is 17.6 Å². The molecule has 0 bridgehead atoms. The highest BCUT2D eigenvalue weighted by molar-refractivity contribution is 5.62. The van der Waals surface area contributed by atoms with Crippen molar-refractivity contribution in [1.29, 1.82) is 0 Å². The van der Waals surface area contributed by atoms with E-state index in [1.54, 1.807) is 5.57 Å². The summed E-state index contributed by atoms with van der Waals surface area (Å²) in [6.07, 6.45) is 23.4. The van der Waals surface area contributed by atoms with Crippen molar-refractivity contribution < 1.29 is 0 Å². The van der Waals surface area contributed by atoms with Crippen LogP contribution in [0, 0.1) is 11.8 Å². The lowest BCUT2D eigenvalue weighted by atomic mass is 9.83. The van der Waals surface area contributed by atoms with E-state index in [1.165, 1.54) is 34.3 Å². The van der Waals surface area contributed by atoms with Crippen molar-refractivity contribution in [2.75, 3.05) is 0 Å². The van der Waals surface area contributed by atoms with E-state index < -0.39 is 0 Å². The number of nitrogens with two attached hydrogens (primary N) is 1. The van der Waals surface area contributed by atoms with Gasteiger partial charge in [0, 0.05) is 17.9 Å². The molecule has 1 heteroatoms. The monoisotopic (exact) mass is 345 g/mol. The summed E-state index contributed by atoms with van der Waals surface area (Å²) in [5.41, 5.74) is 14.8. The average Bonchev–Trinajstić information content (AvgIpc) is 2.79. The Morgan fingerprint density at radius 1 is 1.31 bits per heavy atom. The lowest BCUT2D eigenvalue weighted by Crippen LogP contribution is -2.23. The minimum absolute atomic E-state index is 0.117. The van der Waals surface area contributed by atoms with Crippen LogP contribution in [-0.2, 0) is 0 Å². The Balaban J connectivity index is 1.97. The maximum atomic E-state index is 6.18. The molecule has 0 saturated carbocycles. The molecule has 3 unspecified atom stereocenters. The van der Waals surface area contributed by atoms with Crippen molar-refractivity contribution in [3.05, 3.63) is 94.7 Å². The standard InChI is InChI=1S/C25H31N/c1-5-8-19-12-13-23-17(3)25(16-22(23)14-19)24-11-7-10-20(18(4)26)15-21(24)9-6-2/h5-8,10-11,14-18,20H,2,9,12-13,26H2,1,3-4H3. The first-order valence-electron chi connectivity index (χ1n) is 9.79. The molecule has 0 aromatic carbocycles. The summed E-state index contributed by atoms with van der Waals surface area (Å²) in [7, 11) is 0. The van der Waals surface area contributed by atoms with Gasteiger partial charge < -0.3 is 5.73 Å². The van der Waals surface area contributed by atoms with Crippen molar-refractivity contribution in [1.82, 2.24) is 0 Å². The Kier molecular flexibility index (Phi) is 5.78. The van der Waals surface area contributed by atoms with Crippen LogP contribution in [0.5, 0.6) is 0 Å². The summed E-state index contributed by atoms with van der Waals surface area (Å²) in [5, 5.41) is 0. The average molecular weight is 346 g/mol. The van der Waals surface area contributed by atoms with Crippen molar-refractivity contribution in [3.8, 4) is 0 Å². The molecule has 136 valence electrons. The number of hydrogen-bond acceptors (Lipinski definition) is 1. The summed E-state index contributed by atoms with van der Waals surface area (Å²) in [6.45, 7) is 10.5. The maximum absolute atomic E-state index is 6.18. The summed E-state index contributed by atoms with van der Waals surface area (Å²) in [6, 6.07) is 0.117. The van der Waals surface area contributed by atoms with Gasteiger partial charge in [-0.3, -0.25) is 0 Å². The largest absolute Gasteiger partial charge is 0.327 e. The van der Waals surface area contributed by atoms with E-state index >= 15 is 0 Å². The molecule has 1 nitrogen and oxygen atoms in total. The van der Waals surface area contributed by atoms with Crippen molar-refractivity contribution in [3.63, 3.8) is 0 Å². The first kappa shape index (κ1) is 18.7. The Morgan fingerprint density at radius 3 is 2.81 bits per heavy atom. The van der Waals surface area contributed by atoms with E-state index in [0.29, 0.717) is 5.92 Å². The lowest BCUT2D eigenvalue weighted by Gasteiger charge is -2.21. The summed E-state index contributed by atoms with van der Waals surface area (Å²) in [4.78, 5) is 0. The molecule has 0 heterocycles. The highest BCUT2D eigenvalue weighted by atomic mass is 14.6. The summed E-state index contributed by atoms with van der Waals surface area (Å²) in [5.74, 6) is 0.757. The molecular formula is C25H31N. The fraction of sp³-hybridized carbons (Fsp3) is 0.360. The van der Waals surface area contributed by atoms with Crippen LogP contribution in [0.4, 0.5) is 0 Å². The summed E-state index contributed by atoms with van der Waals surface area (Å²) >= 11 is 0. The van der Waals surface area contributed by atoms with Gasteiger partial charge in [-0.1, -0.05) is 67.2 Å². The Bertz CT molecular complexity index is 790.